The van der Waals surface area contributed by atoms with Gasteiger partial charge in [0.2, 0.25) is 0 Å². The van der Waals surface area contributed by atoms with E-state index in [9.17, 15) is 19.5 Å². The molecule has 0 saturated heterocycles. The van der Waals surface area contributed by atoms with E-state index in [2.05, 4.69) is 38.2 Å². The molecule has 0 fully saturated rings. The fraction of sp³-hybridized carbons (Fsp3) is 0.658. The van der Waals surface area contributed by atoms with Gasteiger partial charge in [0.05, 0.1) is 40.3 Å². The predicted molar refractivity (Wildman–Crippen MR) is 185 cm³/mol. The second-order valence-electron chi connectivity index (χ2n) is 12.5. The monoisotopic (exact) mass is 645 g/mol. The molecule has 0 N–H and O–H groups in total. The summed E-state index contributed by atoms with van der Waals surface area (Å²) in [7, 11) is 5.36. The van der Waals surface area contributed by atoms with Gasteiger partial charge in [-0.25, -0.2) is 0 Å². The van der Waals surface area contributed by atoms with Crippen LogP contribution in [-0.4, -0.2) is 75.5 Å². The normalized spacial score (nSPS) is 13.8. The predicted octanol–water partition coefficient (Wildman–Crippen LogP) is 6.96. The van der Waals surface area contributed by atoms with Gasteiger partial charge in [-0.2, -0.15) is 0 Å². The van der Waals surface area contributed by atoms with E-state index in [-0.39, 0.29) is 55.5 Å². The molecule has 2 unspecified atom stereocenters. The number of nitrogens with zero attached hydrogens (tertiary/aromatic N) is 1. The van der Waals surface area contributed by atoms with Crippen LogP contribution in [0.15, 0.2) is 60.8 Å². The highest BCUT2D eigenvalue weighted by atomic mass is 16.6. The minimum absolute atomic E-state index is 0.0160. The zero-order chi connectivity index (χ0) is 34.3. The van der Waals surface area contributed by atoms with Gasteiger partial charge in [-0.1, -0.05) is 107 Å². The highest BCUT2D eigenvalue weighted by Crippen LogP contribution is 2.11. The Morgan fingerprint density at radius 3 is 1.96 bits per heavy atom. The van der Waals surface area contributed by atoms with Crippen LogP contribution in [0.25, 0.3) is 0 Å². The Kier molecular flexibility index (Phi) is 27.5. The van der Waals surface area contributed by atoms with Crippen molar-refractivity contribution in [3.05, 3.63) is 60.8 Å². The number of allylic oxidation sites excluding steroid dienone is 10. The van der Waals surface area contributed by atoms with Crippen LogP contribution in [0.5, 0.6) is 0 Å². The van der Waals surface area contributed by atoms with Gasteiger partial charge in [0.25, 0.3) is 0 Å². The summed E-state index contributed by atoms with van der Waals surface area (Å²) in [6.07, 6.45) is 32.7. The van der Waals surface area contributed by atoms with Gasteiger partial charge in [-0.15, -0.1) is 0 Å². The molecule has 0 saturated carbocycles. The molecule has 46 heavy (non-hydrogen) atoms. The number of carboxylic acid groups (broad SMARTS) is 1. The summed E-state index contributed by atoms with van der Waals surface area (Å²) in [5, 5.41) is 11.5. The van der Waals surface area contributed by atoms with Gasteiger partial charge in [-0.3, -0.25) is 9.59 Å². The van der Waals surface area contributed by atoms with Crippen LogP contribution in [-0.2, 0) is 28.6 Å². The van der Waals surface area contributed by atoms with Crippen molar-refractivity contribution in [2.24, 2.45) is 0 Å². The molecule has 0 bridgehead atoms. The number of esters is 2. The molecule has 0 rings (SSSR count). The molecular weight excluding hydrogens is 582 g/mol. The summed E-state index contributed by atoms with van der Waals surface area (Å²) in [4.78, 5) is 36.4. The average Bonchev–Trinajstić information content (AvgIpc) is 3.00. The molecule has 0 spiro atoms. The Hall–Kier alpha value is -2.97. The zero-order valence-electron chi connectivity index (χ0n) is 29.5. The van der Waals surface area contributed by atoms with Crippen molar-refractivity contribution < 1.29 is 38.2 Å². The lowest BCUT2D eigenvalue weighted by molar-refractivity contribution is -0.889. The van der Waals surface area contributed by atoms with Crippen molar-refractivity contribution in [3.8, 4) is 0 Å². The fourth-order valence-electron chi connectivity index (χ4n) is 4.51. The molecule has 0 aromatic heterocycles. The largest absolute Gasteiger partial charge is 0.544 e. The maximum Gasteiger partial charge on any atom is 0.306 e. The number of unbranched alkanes of at least 4 members (excludes halogenated alkanes) is 8. The highest BCUT2D eigenvalue weighted by molar-refractivity contribution is 5.70. The highest BCUT2D eigenvalue weighted by Gasteiger charge is 2.25. The van der Waals surface area contributed by atoms with E-state index in [1.165, 1.54) is 12.8 Å². The molecule has 0 amide bonds. The summed E-state index contributed by atoms with van der Waals surface area (Å²) in [6, 6.07) is -0.734. The average molecular weight is 646 g/mol. The molecule has 262 valence electrons. The van der Waals surface area contributed by atoms with E-state index in [1.807, 2.05) is 36.5 Å². The fourth-order valence-corrected chi connectivity index (χ4v) is 4.51. The Morgan fingerprint density at radius 1 is 0.674 bits per heavy atom. The number of likely N-dealkylation sites (N-methyl/N-ethyl adjacent to an activating group) is 1. The summed E-state index contributed by atoms with van der Waals surface area (Å²) in [6.45, 7) is 4.35. The number of carbonyl (C=O) groups excluding carboxylic acids is 3. The van der Waals surface area contributed by atoms with E-state index in [1.54, 1.807) is 21.1 Å². The summed E-state index contributed by atoms with van der Waals surface area (Å²) in [5.74, 6) is -1.85. The third-order valence-corrected chi connectivity index (χ3v) is 7.25. The molecule has 0 aromatic carbocycles. The number of quaternary nitrogens is 1. The van der Waals surface area contributed by atoms with Crippen LogP contribution >= 0.6 is 0 Å². The van der Waals surface area contributed by atoms with Crippen molar-refractivity contribution in [3.63, 3.8) is 0 Å². The topological polar surface area (TPSA) is 102 Å². The second kappa shape index (κ2) is 29.4. The summed E-state index contributed by atoms with van der Waals surface area (Å²) < 4.78 is 16.9. The van der Waals surface area contributed by atoms with Crippen LogP contribution in [0.3, 0.4) is 0 Å². The number of carbonyl (C=O) groups is 3. The van der Waals surface area contributed by atoms with Gasteiger partial charge in [0.1, 0.15) is 12.6 Å². The minimum atomic E-state index is -1.14. The number of rotatable bonds is 29. The first-order valence-electron chi connectivity index (χ1n) is 17.4. The molecular formula is C38H63NO7. The van der Waals surface area contributed by atoms with Crippen LogP contribution in [0.4, 0.5) is 0 Å². The molecule has 8 nitrogen and oxygen atoms in total. The van der Waals surface area contributed by atoms with E-state index >= 15 is 0 Å². The van der Waals surface area contributed by atoms with Crippen LogP contribution in [0, 0.1) is 0 Å². The summed E-state index contributed by atoms with van der Waals surface area (Å²) in [5.41, 5.74) is 0. The third-order valence-electron chi connectivity index (χ3n) is 7.25. The molecule has 0 aliphatic heterocycles. The van der Waals surface area contributed by atoms with Crippen molar-refractivity contribution in [2.45, 2.75) is 122 Å². The zero-order valence-corrected chi connectivity index (χ0v) is 29.5. The SMILES string of the molecule is CC/C=C/C=C/C=C/C=C/CCCCCCCC(=O)OC(COCCC(C(=O)[O-])[N+](C)(C)C)COC(=O)CC/C=C/CCCCC. The molecule has 0 aliphatic carbocycles. The smallest absolute Gasteiger partial charge is 0.306 e. The Morgan fingerprint density at radius 2 is 1.28 bits per heavy atom. The lowest BCUT2D eigenvalue weighted by Crippen LogP contribution is -2.55. The van der Waals surface area contributed by atoms with Gasteiger partial charge in [0.15, 0.2) is 6.10 Å². The maximum atomic E-state index is 12.6. The molecule has 2 atom stereocenters. The minimum Gasteiger partial charge on any atom is -0.544 e. The van der Waals surface area contributed by atoms with Crippen molar-refractivity contribution >= 4 is 17.9 Å². The Balaban J connectivity index is 4.53. The third kappa shape index (κ3) is 27.3. The summed E-state index contributed by atoms with van der Waals surface area (Å²) >= 11 is 0. The molecule has 8 heteroatoms. The van der Waals surface area contributed by atoms with Crippen molar-refractivity contribution in [1.82, 2.24) is 0 Å². The number of aliphatic carboxylic acids is 1. The quantitative estimate of drug-likeness (QED) is 0.0285. The van der Waals surface area contributed by atoms with Crippen molar-refractivity contribution in [2.75, 3.05) is 41.0 Å². The molecule has 0 aliphatic rings. The first-order chi connectivity index (χ1) is 22.1. The van der Waals surface area contributed by atoms with Crippen LogP contribution < -0.4 is 5.11 Å². The van der Waals surface area contributed by atoms with E-state index in [0.29, 0.717) is 6.42 Å². The number of carboxylic acids is 1. The molecule has 0 heterocycles. The van der Waals surface area contributed by atoms with Crippen LogP contribution in [0.1, 0.15) is 110 Å². The molecule has 0 radical (unpaired) electrons. The number of hydrogen-bond donors (Lipinski definition) is 0. The molecule has 0 aromatic rings. The Bertz CT molecular complexity index is 943. The lowest BCUT2D eigenvalue weighted by atomic mass is 10.1. The van der Waals surface area contributed by atoms with Crippen LogP contribution in [0.2, 0.25) is 0 Å². The van der Waals surface area contributed by atoms with E-state index in [0.717, 1.165) is 57.8 Å². The van der Waals surface area contributed by atoms with E-state index in [4.69, 9.17) is 14.2 Å². The number of ether oxygens (including phenoxy) is 3. The van der Waals surface area contributed by atoms with Crippen molar-refractivity contribution in [1.29, 1.82) is 0 Å². The maximum absolute atomic E-state index is 12.6. The van der Waals surface area contributed by atoms with Gasteiger partial charge >= 0.3 is 11.9 Å². The van der Waals surface area contributed by atoms with Gasteiger partial charge < -0.3 is 28.6 Å². The van der Waals surface area contributed by atoms with Gasteiger partial charge in [0, 0.05) is 19.3 Å². The first-order valence-corrected chi connectivity index (χ1v) is 17.4. The Labute approximate surface area is 279 Å². The lowest BCUT2D eigenvalue weighted by Gasteiger charge is -2.34. The second-order valence-corrected chi connectivity index (χ2v) is 12.5. The first kappa shape index (κ1) is 43.0. The van der Waals surface area contributed by atoms with E-state index < -0.39 is 18.1 Å². The number of hydrogen-bond acceptors (Lipinski definition) is 7. The standard InChI is InChI=1S/C38H63NO7/c1-6-8-10-12-14-15-16-17-18-19-20-21-23-25-27-29-37(41)46-34(32-44-31-30-35(38(42)43)39(3,4)5)33-45-36(40)28-26-24-22-13-11-9-7-2/h8,10,12,14-18,22,24,34-35H,6-7,9,11,13,19-21,23,25-33H2,1-5H3/b10-8+,14-12+,16-15+,18-17+,24-22+. The van der Waals surface area contributed by atoms with Gasteiger partial charge in [-0.05, 0) is 44.9 Å².